The minimum atomic E-state index is -4.34. The number of para-hydroxylation sites is 2. The lowest BCUT2D eigenvalue weighted by molar-refractivity contribution is -0.118. The van der Waals surface area contributed by atoms with Crippen molar-refractivity contribution in [3.63, 3.8) is 0 Å². The standard InChI is InChI=1S/C22H20O4S.C19H13NO3S.C12H11N.C7H4O4S/c23-20(15-14-18-10-5-7-13-22(18)27(24,25)26)16-19-11-4-6-12-21(19)17-8-2-1-3-9-17;21-24(22,23)18-12-6-4-10-16(18)19-15-9-2-1-7-13(15)14-8-3-5-11-17(14)20-19;13-12-9-5-4-8-11(12)10-6-2-1-3-7-10;8-7-5-3-1-2-4-6(5)12(9,10)11-7/h1-13H,14-16H2,(H,24,25,26);1-12H,(H,21,22,23);1-9H,13H2;1-4H. The van der Waals surface area contributed by atoms with Crippen LogP contribution in [0.4, 0.5) is 5.69 Å². The van der Waals surface area contributed by atoms with Crippen LogP contribution in [-0.4, -0.2) is 51.1 Å². The molecule has 0 bridgehead atoms. The van der Waals surface area contributed by atoms with Crippen LogP contribution < -0.4 is 5.73 Å². The normalized spacial score (nSPS) is 12.4. The van der Waals surface area contributed by atoms with Crippen LogP contribution >= 0.6 is 0 Å². The van der Waals surface area contributed by atoms with Gasteiger partial charge in [0.1, 0.15) is 15.6 Å². The molecule has 1 aromatic heterocycles. The van der Waals surface area contributed by atoms with Gasteiger partial charge in [-0.25, -0.2) is 9.78 Å². The summed E-state index contributed by atoms with van der Waals surface area (Å²) in [5.74, 6) is -0.783. The number of pyridine rings is 1. The Morgan fingerprint density at radius 2 is 0.947 bits per heavy atom. The van der Waals surface area contributed by atoms with Crippen molar-refractivity contribution >= 4 is 69.5 Å². The number of aryl methyl sites for hydroxylation is 1. The van der Waals surface area contributed by atoms with E-state index in [-0.39, 0.29) is 45.3 Å². The third kappa shape index (κ3) is 13.0. The number of nitrogen functional groups attached to an aromatic ring is 1. The molecule has 0 saturated heterocycles. The molecule has 382 valence electrons. The Hall–Kier alpha value is -8.64. The van der Waals surface area contributed by atoms with Crippen molar-refractivity contribution in [2.24, 2.45) is 0 Å². The highest BCUT2D eigenvalue weighted by molar-refractivity contribution is 7.87. The van der Waals surface area contributed by atoms with Gasteiger partial charge in [-0.3, -0.25) is 13.9 Å². The largest absolute Gasteiger partial charge is 0.398 e. The summed E-state index contributed by atoms with van der Waals surface area (Å²) in [4.78, 5) is 27.7. The number of ketones is 1. The molecule has 0 radical (unpaired) electrons. The van der Waals surface area contributed by atoms with Crippen LogP contribution in [0.3, 0.4) is 0 Å². The van der Waals surface area contributed by atoms with Gasteiger partial charge in [0.15, 0.2) is 0 Å². The number of hydrogen-bond donors (Lipinski definition) is 3. The lowest BCUT2D eigenvalue weighted by Crippen LogP contribution is -2.08. The van der Waals surface area contributed by atoms with Crippen LogP contribution in [-0.2, 0) is 52.2 Å². The van der Waals surface area contributed by atoms with Crippen molar-refractivity contribution in [2.75, 3.05) is 5.73 Å². The topological polar surface area (TPSA) is 225 Å². The quantitative estimate of drug-likeness (QED) is 0.0502. The van der Waals surface area contributed by atoms with Crippen molar-refractivity contribution in [3.05, 3.63) is 247 Å². The van der Waals surface area contributed by atoms with E-state index in [9.17, 15) is 43.9 Å². The number of benzene rings is 9. The lowest BCUT2D eigenvalue weighted by atomic mass is 9.95. The maximum atomic E-state index is 12.5. The van der Waals surface area contributed by atoms with E-state index in [0.717, 1.165) is 49.6 Å². The second-order valence-electron chi connectivity index (χ2n) is 17.1. The zero-order valence-corrected chi connectivity index (χ0v) is 42.8. The molecule has 0 aliphatic carbocycles. The van der Waals surface area contributed by atoms with Gasteiger partial charge in [0.2, 0.25) is 0 Å². The number of carbonyl (C=O) groups is 2. The van der Waals surface area contributed by atoms with Gasteiger partial charge in [-0.2, -0.15) is 25.3 Å². The van der Waals surface area contributed by atoms with Crippen molar-refractivity contribution in [2.45, 2.75) is 33.9 Å². The van der Waals surface area contributed by atoms with Gasteiger partial charge in [0.05, 0.1) is 21.7 Å². The molecule has 9 aromatic carbocycles. The second kappa shape index (κ2) is 23.7. The maximum absolute atomic E-state index is 12.5. The highest BCUT2D eigenvalue weighted by atomic mass is 32.2. The Kier molecular flexibility index (Phi) is 16.7. The molecule has 13 nitrogen and oxygen atoms in total. The molecule has 0 atom stereocenters. The Bertz CT molecular complexity index is 4080. The van der Waals surface area contributed by atoms with Gasteiger partial charge < -0.3 is 9.92 Å². The van der Waals surface area contributed by atoms with Gasteiger partial charge in [0, 0.05) is 40.4 Å². The van der Waals surface area contributed by atoms with E-state index < -0.39 is 36.3 Å². The number of nitrogens with zero attached hydrogens (tertiary/aromatic N) is 1. The highest BCUT2D eigenvalue weighted by Gasteiger charge is 2.34. The molecule has 0 spiro atoms. The maximum Gasteiger partial charge on any atom is 0.355 e. The van der Waals surface area contributed by atoms with E-state index in [1.807, 2.05) is 146 Å². The Morgan fingerprint density at radius 3 is 1.57 bits per heavy atom. The van der Waals surface area contributed by atoms with Crippen molar-refractivity contribution in [1.29, 1.82) is 0 Å². The molecule has 2 heterocycles. The smallest absolute Gasteiger partial charge is 0.355 e. The summed E-state index contributed by atoms with van der Waals surface area (Å²) in [5, 5.41) is 2.83. The van der Waals surface area contributed by atoms with Crippen molar-refractivity contribution in [3.8, 4) is 33.5 Å². The lowest BCUT2D eigenvalue weighted by Gasteiger charge is -2.12. The minimum absolute atomic E-state index is 0.0171. The van der Waals surface area contributed by atoms with E-state index in [1.54, 1.807) is 48.5 Å². The van der Waals surface area contributed by atoms with E-state index in [1.165, 1.54) is 29.8 Å². The molecule has 11 rings (SSSR count). The number of Topliss-reactive ketones (excluding diaryl/α,β-unsaturated/α-hetero) is 1. The van der Waals surface area contributed by atoms with Gasteiger partial charge in [0.25, 0.3) is 20.2 Å². The van der Waals surface area contributed by atoms with Crippen molar-refractivity contribution in [1.82, 2.24) is 4.98 Å². The zero-order chi connectivity index (χ0) is 53.9. The predicted molar refractivity (Wildman–Crippen MR) is 295 cm³/mol. The van der Waals surface area contributed by atoms with Gasteiger partial charge >= 0.3 is 16.1 Å². The molecule has 1 aliphatic heterocycles. The van der Waals surface area contributed by atoms with E-state index in [2.05, 4.69) is 21.3 Å². The molecule has 16 heteroatoms. The summed E-state index contributed by atoms with van der Waals surface area (Å²) >= 11 is 0. The first-order valence-corrected chi connectivity index (χ1v) is 27.8. The monoisotopic (exact) mass is 1070 g/mol. The van der Waals surface area contributed by atoms with Gasteiger partial charge in [-0.1, -0.05) is 194 Å². The van der Waals surface area contributed by atoms with Crippen LogP contribution in [0.1, 0.15) is 27.9 Å². The molecule has 0 unspecified atom stereocenters. The molecular formula is C60H48N2O11S3. The summed E-state index contributed by atoms with van der Waals surface area (Å²) in [6.45, 7) is 0. The molecule has 0 amide bonds. The van der Waals surface area contributed by atoms with E-state index in [0.29, 0.717) is 16.8 Å². The third-order valence-corrected chi connectivity index (χ3v) is 15.2. The number of fused-ring (bicyclic) bond motifs is 4. The summed E-state index contributed by atoms with van der Waals surface area (Å²) in [7, 11) is -12.4. The molecule has 76 heavy (non-hydrogen) atoms. The zero-order valence-electron chi connectivity index (χ0n) is 40.4. The fourth-order valence-electron chi connectivity index (χ4n) is 8.53. The van der Waals surface area contributed by atoms with Crippen molar-refractivity contribution < 1.29 is 48.1 Å². The number of carbonyl (C=O) groups excluding carboxylic acids is 2. The summed E-state index contributed by atoms with van der Waals surface area (Å²) in [6.07, 6.45) is 0.747. The van der Waals surface area contributed by atoms with Gasteiger partial charge in [-0.15, -0.1) is 0 Å². The minimum Gasteiger partial charge on any atom is -0.398 e. The van der Waals surface area contributed by atoms with Crippen LogP contribution in [0.5, 0.6) is 0 Å². The van der Waals surface area contributed by atoms with E-state index in [4.69, 9.17) is 5.73 Å². The fourth-order valence-corrected chi connectivity index (χ4v) is 11.0. The molecule has 1 aliphatic rings. The highest BCUT2D eigenvalue weighted by Crippen LogP contribution is 2.35. The SMILES string of the molecule is Nc1ccccc1-c1ccccc1.O=C(CCc1ccccc1S(=O)(=O)O)Cc1ccccc1-c1ccccc1.O=C1OS(=O)(=O)c2ccccc21.O=S(=O)(O)c1ccccc1-c1nc2ccccc2c2ccccc12. The molecule has 0 saturated carbocycles. The molecule has 0 fully saturated rings. The van der Waals surface area contributed by atoms with Crippen LogP contribution in [0.15, 0.2) is 245 Å². The molecule has 4 N–H and O–H groups in total. The van der Waals surface area contributed by atoms with Crippen LogP contribution in [0, 0.1) is 0 Å². The Balaban J connectivity index is 0.000000142. The van der Waals surface area contributed by atoms with Gasteiger partial charge in [-0.05, 0) is 76.0 Å². The number of hydrogen-bond acceptors (Lipinski definition) is 11. The van der Waals surface area contributed by atoms with Crippen LogP contribution in [0.25, 0.3) is 55.2 Å². The number of nitrogens with two attached hydrogens (primary N) is 1. The average Bonchev–Trinajstić information content (AvgIpc) is 3.69. The Labute approximate surface area is 440 Å². The number of aromatic nitrogens is 1. The van der Waals surface area contributed by atoms with Crippen LogP contribution in [0.2, 0.25) is 0 Å². The summed E-state index contributed by atoms with van der Waals surface area (Å²) in [5.41, 5.74) is 14.2. The molecular weight excluding hydrogens is 1020 g/mol. The first kappa shape index (κ1) is 53.6. The second-order valence-corrected chi connectivity index (χ2v) is 21.4. The first-order valence-electron chi connectivity index (χ1n) is 23.5. The number of anilines is 1. The summed E-state index contributed by atoms with van der Waals surface area (Å²) < 4.78 is 91.5. The fraction of sp³-hybridized carbons (Fsp3) is 0.0500. The number of rotatable bonds is 10. The predicted octanol–water partition coefficient (Wildman–Crippen LogP) is 12.1. The third-order valence-electron chi connectivity index (χ3n) is 12.0. The average molecular weight is 1070 g/mol. The molecule has 10 aromatic rings. The summed E-state index contributed by atoms with van der Waals surface area (Å²) in [6, 6.07) is 69.6. The Morgan fingerprint density at radius 1 is 0.487 bits per heavy atom. The van der Waals surface area contributed by atoms with E-state index >= 15 is 0 Å². The first-order chi connectivity index (χ1) is 36.5.